The van der Waals surface area contributed by atoms with E-state index in [1.54, 1.807) is 0 Å². The van der Waals surface area contributed by atoms with Crippen LogP contribution in [0.4, 0.5) is 0 Å². The molecule has 19 heavy (non-hydrogen) atoms. The van der Waals surface area contributed by atoms with Gasteiger partial charge < -0.3 is 10.1 Å². The van der Waals surface area contributed by atoms with E-state index in [4.69, 9.17) is 4.74 Å². The molecule has 0 bridgehead atoms. The normalized spacial score (nSPS) is 32.0. The van der Waals surface area contributed by atoms with Crippen molar-refractivity contribution in [3.05, 3.63) is 34.3 Å². The van der Waals surface area contributed by atoms with Crippen molar-refractivity contribution in [1.82, 2.24) is 5.32 Å². The first kappa shape index (κ1) is 13.6. The third-order valence-corrected chi connectivity index (χ3v) is 5.38. The summed E-state index contributed by atoms with van der Waals surface area (Å²) in [4.78, 5) is 0. The van der Waals surface area contributed by atoms with Gasteiger partial charge in [-0.15, -0.1) is 0 Å². The number of ether oxygens (including phenoxy) is 1. The minimum absolute atomic E-state index is 0.590. The topological polar surface area (TPSA) is 21.3 Å². The lowest BCUT2D eigenvalue weighted by Gasteiger charge is -2.39. The SMILES string of the molecule is CC(NC1CC(c2ccccc2Br)C1)C1CCOC1. The summed E-state index contributed by atoms with van der Waals surface area (Å²) < 4.78 is 6.73. The van der Waals surface area contributed by atoms with Crippen LogP contribution in [0.1, 0.15) is 37.7 Å². The Balaban J connectivity index is 1.49. The highest BCUT2D eigenvalue weighted by Gasteiger charge is 2.33. The number of nitrogens with one attached hydrogen (secondary N) is 1. The molecule has 1 aliphatic heterocycles. The zero-order chi connectivity index (χ0) is 13.2. The van der Waals surface area contributed by atoms with Crippen LogP contribution in [0.3, 0.4) is 0 Å². The van der Waals surface area contributed by atoms with Gasteiger partial charge in [0.1, 0.15) is 0 Å². The van der Waals surface area contributed by atoms with Crippen molar-refractivity contribution in [3.8, 4) is 0 Å². The van der Waals surface area contributed by atoms with Gasteiger partial charge in [0.05, 0.1) is 6.61 Å². The van der Waals surface area contributed by atoms with E-state index in [9.17, 15) is 0 Å². The predicted molar refractivity (Wildman–Crippen MR) is 81.4 cm³/mol. The summed E-state index contributed by atoms with van der Waals surface area (Å²) in [6.07, 6.45) is 3.75. The van der Waals surface area contributed by atoms with Crippen molar-refractivity contribution in [3.63, 3.8) is 0 Å². The van der Waals surface area contributed by atoms with Crippen LogP contribution in [-0.2, 0) is 4.74 Å². The molecule has 1 aromatic carbocycles. The molecule has 104 valence electrons. The van der Waals surface area contributed by atoms with Gasteiger partial charge in [-0.2, -0.15) is 0 Å². The van der Waals surface area contributed by atoms with Gasteiger partial charge in [0.15, 0.2) is 0 Å². The number of benzene rings is 1. The van der Waals surface area contributed by atoms with Crippen LogP contribution in [-0.4, -0.2) is 25.3 Å². The van der Waals surface area contributed by atoms with E-state index in [1.807, 2.05) is 0 Å². The van der Waals surface area contributed by atoms with E-state index in [0.29, 0.717) is 18.0 Å². The summed E-state index contributed by atoms with van der Waals surface area (Å²) in [5.41, 5.74) is 1.47. The average Bonchev–Trinajstić information content (AvgIpc) is 2.88. The smallest absolute Gasteiger partial charge is 0.0509 e. The highest BCUT2D eigenvalue weighted by Crippen LogP contribution is 2.40. The monoisotopic (exact) mass is 323 g/mol. The van der Waals surface area contributed by atoms with Gasteiger partial charge in [-0.3, -0.25) is 0 Å². The number of rotatable bonds is 4. The Morgan fingerprint density at radius 1 is 1.32 bits per heavy atom. The van der Waals surface area contributed by atoms with Crippen LogP contribution in [0.25, 0.3) is 0 Å². The van der Waals surface area contributed by atoms with Crippen molar-refractivity contribution in [2.45, 2.75) is 44.2 Å². The Morgan fingerprint density at radius 2 is 2.11 bits per heavy atom. The van der Waals surface area contributed by atoms with E-state index < -0.39 is 0 Å². The third kappa shape index (κ3) is 3.04. The maximum atomic E-state index is 5.47. The molecule has 2 fully saturated rings. The van der Waals surface area contributed by atoms with Gasteiger partial charge in [-0.25, -0.2) is 0 Å². The molecular weight excluding hydrogens is 302 g/mol. The lowest BCUT2D eigenvalue weighted by molar-refractivity contribution is 0.170. The second-order valence-corrected chi connectivity index (χ2v) is 6.82. The van der Waals surface area contributed by atoms with Gasteiger partial charge in [-0.1, -0.05) is 34.1 Å². The molecule has 3 rings (SSSR count). The first-order valence-corrected chi connectivity index (χ1v) is 8.11. The second kappa shape index (κ2) is 5.94. The van der Waals surface area contributed by atoms with Gasteiger partial charge in [0.2, 0.25) is 0 Å². The molecule has 0 radical (unpaired) electrons. The molecular formula is C16H22BrNO. The van der Waals surface area contributed by atoms with E-state index in [0.717, 1.165) is 19.1 Å². The van der Waals surface area contributed by atoms with Gasteiger partial charge in [0, 0.05) is 23.2 Å². The number of hydrogen-bond acceptors (Lipinski definition) is 2. The van der Waals surface area contributed by atoms with Crippen molar-refractivity contribution in [2.24, 2.45) is 5.92 Å². The van der Waals surface area contributed by atoms with Crippen LogP contribution in [0.2, 0.25) is 0 Å². The molecule has 2 aliphatic rings. The highest BCUT2D eigenvalue weighted by molar-refractivity contribution is 9.10. The van der Waals surface area contributed by atoms with Gasteiger partial charge in [0.25, 0.3) is 0 Å². The molecule has 2 nitrogen and oxygen atoms in total. The summed E-state index contributed by atoms with van der Waals surface area (Å²) in [5.74, 6) is 1.43. The van der Waals surface area contributed by atoms with Gasteiger partial charge >= 0.3 is 0 Å². The van der Waals surface area contributed by atoms with E-state index in [2.05, 4.69) is 52.4 Å². The lowest BCUT2D eigenvalue weighted by Crippen LogP contribution is -2.47. The minimum Gasteiger partial charge on any atom is -0.381 e. The standard InChI is InChI=1S/C16H22BrNO/c1-11(12-6-7-19-10-12)18-14-8-13(9-14)15-4-2-3-5-16(15)17/h2-5,11-14,18H,6-10H2,1H3. The second-order valence-electron chi connectivity index (χ2n) is 5.97. The minimum atomic E-state index is 0.590. The summed E-state index contributed by atoms with van der Waals surface area (Å²) >= 11 is 3.66. The van der Waals surface area contributed by atoms with Crippen LogP contribution >= 0.6 is 15.9 Å². The molecule has 1 saturated heterocycles. The van der Waals surface area contributed by atoms with Crippen molar-refractivity contribution in [1.29, 1.82) is 0 Å². The lowest BCUT2D eigenvalue weighted by atomic mass is 9.75. The fourth-order valence-corrected chi connectivity index (χ4v) is 3.88. The maximum Gasteiger partial charge on any atom is 0.0509 e. The number of halogens is 1. The van der Waals surface area contributed by atoms with E-state index in [-0.39, 0.29) is 0 Å². The third-order valence-electron chi connectivity index (χ3n) is 4.65. The van der Waals surface area contributed by atoms with Crippen molar-refractivity contribution in [2.75, 3.05) is 13.2 Å². The number of hydrogen-bond donors (Lipinski definition) is 1. The molecule has 0 aromatic heterocycles. The molecule has 0 amide bonds. The molecule has 3 heteroatoms. The average molecular weight is 324 g/mol. The van der Waals surface area contributed by atoms with Crippen molar-refractivity contribution < 1.29 is 4.74 Å². The Hall–Kier alpha value is -0.380. The fraction of sp³-hybridized carbons (Fsp3) is 0.625. The Labute approximate surface area is 124 Å². The Bertz CT molecular complexity index is 425. The molecule has 1 heterocycles. The fourth-order valence-electron chi connectivity index (χ4n) is 3.27. The Kier molecular flexibility index (Phi) is 4.25. The van der Waals surface area contributed by atoms with E-state index >= 15 is 0 Å². The highest BCUT2D eigenvalue weighted by atomic mass is 79.9. The molecule has 2 unspecified atom stereocenters. The Morgan fingerprint density at radius 3 is 2.79 bits per heavy atom. The molecule has 1 aromatic rings. The molecule has 1 aliphatic carbocycles. The molecule has 0 spiro atoms. The van der Waals surface area contributed by atoms with E-state index in [1.165, 1.54) is 29.3 Å². The summed E-state index contributed by atoms with van der Waals surface area (Å²) in [6.45, 7) is 4.20. The quantitative estimate of drug-likeness (QED) is 0.912. The summed E-state index contributed by atoms with van der Waals surface area (Å²) in [5, 5.41) is 3.78. The van der Waals surface area contributed by atoms with Crippen LogP contribution in [0, 0.1) is 5.92 Å². The van der Waals surface area contributed by atoms with Gasteiger partial charge in [-0.05, 0) is 49.7 Å². The molecule has 1 N–H and O–H groups in total. The zero-order valence-corrected chi connectivity index (χ0v) is 13.0. The maximum absolute atomic E-state index is 5.47. The first-order valence-electron chi connectivity index (χ1n) is 7.32. The van der Waals surface area contributed by atoms with Crippen LogP contribution < -0.4 is 5.32 Å². The zero-order valence-electron chi connectivity index (χ0n) is 11.4. The molecule has 2 atom stereocenters. The largest absolute Gasteiger partial charge is 0.381 e. The predicted octanol–water partition coefficient (Wildman–Crippen LogP) is 3.71. The first-order chi connectivity index (χ1) is 9.24. The van der Waals surface area contributed by atoms with Crippen LogP contribution in [0.15, 0.2) is 28.7 Å². The van der Waals surface area contributed by atoms with Crippen molar-refractivity contribution >= 4 is 15.9 Å². The summed E-state index contributed by atoms with van der Waals surface area (Å²) in [7, 11) is 0. The molecule has 1 saturated carbocycles. The summed E-state index contributed by atoms with van der Waals surface area (Å²) in [6, 6.07) is 9.90. The van der Waals surface area contributed by atoms with Crippen LogP contribution in [0.5, 0.6) is 0 Å².